The minimum Gasteiger partial charge on any atom is -0.345 e. The van der Waals surface area contributed by atoms with Crippen molar-refractivity contribution in [1.82, 2.24) is 9.47 Å². The van der Waals surface area contributed by atoms with Crippen molar-refractivity contribution in [2.24, 2.45) is 4.99 Å². The summed E-state index contributed by atoms with van der Waals surface area (Å²) in [4.78, 5) is 31.2. The normalized spacial score (nSPS) is 17.3. The molecule has 0 radical (unpaired) electrons. The predicted molar refractivity (Wildman–Crippen MR) is 148 cm³/mol. The van der Waals surface area contributed by atoms with Crippen LogP contribution in [0.4, 0.5) is 13.2 Å². The molecule has 0 saturated heterocycles. The second-order valence-electron chi connectivity index (χ2n) is 9.52. The van der Waals surface area contributed by atoms with Crippen LogP contribution in [0.3, 0.4) is 0 Å². The Morgan fingerprint density at radius 3 is 2.46 bits per heavy atom. The molecule has 9 heteroatoms. The van der Waals surface area contributed by atoms with Crippen molar-refractivity contribution in [3.8, 4) is 0 Å². The molecule has 2 atom stereocenters. The highest BCUT2D eigenvalue weighted by Crippen LogP contribution is 2.56. The van der Waals surface area contributed by atoms with Crippen LogP contribution in [0.1, 0.15) is 57.9 Å². The molecular weight excluding hydrogens is 527 g/mol. The number of carbonyl (C=O) groups is 1. The molecule has 1 amide bonds. The van der Waals surface area contributed by atoms with Crippen LogP contribution in [0.5, 0.6) is 0 Å². The number of benzene rings is 2. The number of hydrogen-bond donors (Lipinski definition) is 0. The average Bonchev–Trinajstić information content (AvgIpc) is 3.69. The van der Waals surface area contributed by atoms with Crippen molar-refractivity contribution in [2.45, 2.75) is 32.1 Å². The minimum atomic E-state index is -0.731. The van der Waals surface area contributed by atoms with Crippen molar-refractivity contribution in [3.05, 3.63) is 122 Å². The molecule has 1 aromatic heterocycles. The van der Waals surface area contributed by atoms with E-state index in [9.17, 15) is 18.4 Å². The van der Waals surface area contributed by atoms with E-state index in [0.29, 0.717) is 17.7 Å². The largest absolute Gasteiger partial charge is 0.345 e. The SMILES string of the molecule is C/C=C/N=C(/C=C/n1c(C)cc(C2CC2c2cc(F)ccc2F)c(Cl)c1=O)c1cccc(C(=O)N(C)C)c1F. The van der Waals surface area contributed by atoms with E-state index in [1.807, 2.05) is 0 Å². The molecule has 0 N–H and O–H groups in total. The number of pyridine rings is 1. The van der Waals surface area contributed by atoms with Crippen LogP contribution in [0.25, 0.3) is 6.20 Å². The summed E-state index contributed by atoms with van der Waals surface area (Å²) in [6, 6.07) is 9.54. The smallest absolute Gasteiger partial charge is 0.273 e. The van der Waals surface area contributed by atoms with Gasteiger partial charge in [0.05, 0.1) is 11.3 Å². The van der Waals surface area contributed by atoms with Crippen LogP contribution in [-0.4, -0.2) is 35.2 Å². The number of amides is 1. The van der Waals surface area contributed by atoms with Gasteiger partial charge >= 0.3 is 0 Å². The van der Waals surface area contributed by atoms with Gasteiger partial charge in [0.1, 0.15) is 22.5 Å². The third-order valence-corrected chi connectivity index (χ3v) is 6.99. The number of rotatable bonds is 7. The lowest BCUT2D eigenvalue weighted by Crippen LogP contribution is -2.23. The third-order valence-electron chi connectivity index (χ3n) is 6.61. The van der Waals surface area contributed by atoms with Crippen molar-refractivity contribution in [2.75, 3.05) is 14.1 Å². The summed E-state index contributed by atoms with van der Waals surface area (Å²) in [6.07, 6.45) is 6.59. The molecule has 0 bridgehead atoms. The van der Waals surface area contributed by atoms with Crippen LogP contribution in [0, 0.1) is 24.4 Å². The molecule has 1 aliphatic rings. The lowest BCUT2D eigenvalue weighted by Gasteiger charge is -2.13. The Bertz CT molecular complexity index is 1590. The van der Waals surface area contributed by atoms with Crippen LogP contribution >= 0.6 is 11.6 Å². The monoisotopic (exact) mass is 553 g/mol. The second-order valence-corrected chi connectivity index (χ2v) is 9.90. The van der Waals surface area contributed by atoms with E-state index < -0.39 is 28.9 Å². The van der Waals surface area contributed by atoms with Crippen molar-refractivity contribution >= 4 is 29.4 Å². The van der Waals surface area contributed by atoms with Gasteiger partial charge < -0.3 is 4.90 Å². The number of carbonyl (C=O) groups excluding carboxylic acids is 1. The Kier molecular flexibility index (Phi) is 8.25. The van der Waals surface area contributed by atoms with Gasteiger partial charge in [-0.15, -0.1) is 0 Å². The topological polar surface area (TPSA) is 54.7 Å². The van der Waals surface area contributed by atoms with Crippen molar-refractivity contribution in [1.29, 1.82) is 0 Å². The molecule has 4 rings (SSSR count). The van der Waals surface area contributed by atoms with Gasteiger partial charge in [-0.2, -0.15) is 0 Å². The highest BCUT2D eigenvalue weighted by Gasteiger charge is 2.43. The van der Waals surface area contributed by atoms with Gasteiger partial charge in [0.25, 0.3) is 11.5 Å². The number of hydrogen-bond acceptors (Lipinski definition) is 3. The van der Waals surface area contributed by atoms with E-state index >= 15 is 4.39 Å². The van der Waals surface area contributed by atoms with Gasteiger partial charge in [0.15, 0.2) is 0 Å². The van der Waals surface area contributed by atoms with Gasteiger partial charge in [0.2, 0.25) is 0 Å². The predicted octanol–water partition coefficient (Wildman–Crippen LogP) is 6.69. The average molecular weight is 554 g/mol. The Morgan fingerprint density at radius 2 is 1.77 bits per heavy atom. The quantitative estimate of drug-likeness (QED) is 0.306. The molecule has 3 aromatic rings. The number of aromatic nitrogens is 1. The molecule has 0 aliphatic heterocycles. The lowest BCUT2D eigenvalue weighted by atomic mass is 10.0. The summed E-state index contributed by atoms with van der Waals surface area (Å²) in [5, 5.41) is -0.0220. The van der Waals surface area contributed by atoms with Crippen LogP contribution in [0.2, 0.25) is 5.02 Å². The van der Waals surface area contributed by atoms with Crippen molar-refractivity contribution < 1.29 is 18.0 Å². The fourth-order valence-electron chi connectivity index (χ4n) is 4.52. The van der Waals surface area contributed by atoms with E-state index in [0.717, 1.165) is 12.1 Å². The van der Waals surface area contributed by atoms with Crippen molar-refractivity contribution in [3.63, 3.8) is 0 Å². The molecule has 1 heterocycles. The zero-order chi connectivity index (χ0) is 28.4. The zero-order valence-corrected chi connectivity index (χ0v) is 22.6. The maximum Gasteiger partial charge on any atom is 0.273 e. The van der Waals surface area contributed by atoms with Gasteiger partial charge in [-0.1, -0.05) is 23.7 Å². The summed E-state index contributed by atoms with van der Waals surface area (Å²) in [7, 11) is 3.06. The zero-order valence-electron chi connectivity index (χ0n) is 21.9. The standard InChI is InChI=1S/C30H27ClF3N3O2/c1-5-12-35-26(19-7-6-8-20(28(19)34)29(38)36(3)4)11-13-37-17(2)14-24(27(31)30(37)39)22-16-21(22)23-15-18(32)9-10-25(23)33/h5-15,21-22H,16H2,1-4H3/b12-5+,13-11+,35-26-. The maximum atomic E-state index is 15.4. The Balaban J connectivity index is 1.69. The van der Waals surface area contributed by atoms with Crippen LogP contribution in [-0.2, 0) is 0 Å². The Morgan fingerprint density at radius 1 is 1.08 bits per heavy atom. The number of allylic oxidation sites excluding steroid dienone is 2. The number of nitrogens with zero attached hydrogens (tertiary/aromatic N) is 3. The van der Waals surface area contributed by atoms with E-state index in [4.69, 9.17) is 11.6 Å². The summed E-state index contributed by atoms with van der Waals surface area (Å²) in [5.74, 6) is -2.73. The first-order valence-corrected chi connectivity index (χ1v) is 12.7. The Hall–Kier alpha value is -3.91. The molecule has 2 aromatic carbocycles. The molecule has 1 saturated carbocycles. The van der Waals surface area contributed by atoms with Gasteiger partial charge in [0, 0.05) is 37.8 Å². The molecule has 39 heavy (non-hydrogen) atoms. The number of aliphatic imine (C=N–C) groups is 1. The van der Waals surface area contributed by atoms with Crippen LogP contribution in [0.15, 0.2) is 70.6 Å². The fourth-order valence-corrected chi connectivity index (χ4v) is 4.81. The van der Waals surface area contributed by atoms with Gasteiger partial charge in [-0.3, -0.25) is 19.1 Å². The summed E-state index contributed by atoms with van der Waals surface area (Å²) < 4.78 is 44.6. The van der Waals surface area contributed by atoms with Crippen LogP contribution < -0.4 is 5.56 Å². The minimum absolute atomic E-state index is 0.0220. The highest BCUT2D eigenvalue weighted by molar-refractivity contribution is 6.31. The molecule has 0 spiro atoms. The molecule has 2 unspecified atom stereocenters. The maximum absolute atomic E-state index is 15.4. The first kappa shape index (κ1) is 28.1. The molecule has 1 aliphatic carbocycles. The summed E-state index contributed by atoms with van der Waals surface area (Å²) in [5.41, 5.74) is 1.05. The Labute approximate surface area is 229 Å². The third kappa shape index (κ3) is 5.76. The molecule has 202 valence electrons. The van der Waals surface area contributed by atoms with E-state index in [2.05, 4.69) is 4.99 Å². The highest BCUT2D eigenvalue weighted by atomic mass is 35.5. The molecule has 5 nitrogen and oxygen atoms in total. The molecular formula is C30H27ClF3N3O2. The molecule has 1 fully saturated rings. The van der Waals surface area contributed by atoms with Gasteiger partial charge in [-0.25, -0.2) is 13.2 Å². The van der Waals surface area contributed by atoms with Gasteiger partial charge in [-0.05, 0) is 85.7 Å². The van der Waals surface area contributed by atoms with E-state index in [-0.39, 0.29) is 39.3 Å². The summed E-state index contributed by atoms with van der Waals surface area (Å²) >= 11 is 6.48. The second kappa shape index (κ2) is 11.5. The van der Waals surface area contributed by atoms with E-state index in [1.165, 1.54) is 60.2 Å². The van der Waals surface area contributed by atoms with E-state index in [1.54, 1.807) is 32.1 Å². The first-order chi connectivity index (χ1) is 18.5. The first-order valence-electron chi connectivity index (χ1n) is 12.3. The summed E-state index contributed by atoms with van der Waals surface area (Å²) in [6.45, 7) is 3.46. The lowest BCUT2D eigenvalue weighted by molar-refractivity contribution is 0.0823. The fraction of sp³-hybridized carbons (Fsp3) is 0.233. The number of aryl methyl sites for hydroxylation is 1. The number of halogens is 4.